The third kappa shape index (κ3) is 3.10. The van der Waals surface area contributed by atoms with E-state index in [1.165, 1.54) is 17.3 Å². The summed E-state index contributed by atoms with van der Waals surface area (Å²) in [5.41, 5.74) is 2.31. The molecule has 1 atom stereocenters. The standard InChI is InChI=1S/C23H26N2O3S/c1-22(2)19-8-4-5-9-20(19)24(14-6-3-7-15-29)23(22)13-12-17-16-18(25(26)27)10-11-21(17)28-23/h4-5,8-13,16,29H,3,6-7,14-15H2,1-2H3. The van der Waals surface area contributed by atoms with Gasteiger partial charge < -0.3 is 9.64 Å². The first-order valence-electron chi connectivity index (χ1n) is 10.1. The molecule has 4 rings (SSSR count). The van der Waals surface area contributed by atoms with E-state index in [-0.39, 0.29) is 16.0 Å². The Hall–Kier alpha value is -2.47. The van der Waals surface area contributed by atoms with Crippen molar-refractivity contribution < 1.29 is 9.66 Å². The quantitative estimate of drug-likeness (QED) is 0.292. The largest absolute Gasteiger partial charge is 0.463 e. The van der Waals surface area contributed by atoms with Crippen molar-refractivity contribution in [2.45, 2.75) is 44.2 Å². The predicted octanol–water partition coefficient (Wildman–Crippen LogP) is 5.59. The molecule has 6 heteroatoms. The van der Waals surface area contributed by atoms with E-state index >= 15 is 0 Å². The van der Waals surface area contributed by atoms with Crippen LogP contribution in [-0.4, -0.2) is 22.9 Å². The van der Waals surface area contributed by atoms with Gasteiger partial charge in [0.1, 0.15) is 5.75 Å². The Bertz CT molecular complexity index is 972. The molecule has 29 heavy (non-hydrogen) atoms. The summed E-state index contributed by atoms with van der Waals surface area (Å²) in [5.74, 6) is 1.58. The lowest BCUT2D eigenvalue weighted by Gasteiger charge is -2.47. The average Bonchev–Trinajstić information content (AvgIpc) is 2.89. The van der Waals surface area contributed by atoms with Crippen LogP contribution < -0.4 is 9.64 Å². The van der Waals surface area contributed by atoms with Crippen LogP contribution in [0.5, 0.6) is 5.75 Å². The van der Waals surface area contributed by atoms with Crippen LogP contribution in [0.2, 0.25) is 0 Å². The lowest BCUT2D eigenvalue weighted by molar-refractivity contribution is -0.384. The third-order valence-electron chi connectivity index (χ3n) is 6.16. The van der Waals surface area contributed by atoms with Crippen LogP contribution >= 0.6 is 12.6 Å². The Morgan fingerprint density at radius 1 is 1.14 bits per heavy atom. The van der Waals surface area contributed by atoms with Gasteiger partial charge in [-0.05, 0) is 62.3 Å². The van der Waals surface area contributed by atoms with Gasteiger partial charge in [-0.15, -0.1) is 0 Å². The predicted molar refractivity (Wildman–Crippen MR) is 120 cm³/mol. The Morgan fingerprint density at radius 3 is 2.69 bits per heavy atom. The molecule has 0 radical (unpaired) electrons. The number of hydrogen-bond acceptors (Lipinski definition) is 5. The molecule has 0 aliphatic carbocycles. The van der Waals surface area contributed by atoms with Crippen molar-refractivity contribution >= 4 is 30.1 Å². The first-order chi connectivity index (χ1) is 13.9. The Morgan fingerprint density at radius 2 is 1.93 bits per heavy atom. The summed E-state index contributed by atoms with van der Waals surface area (Å²) in [5, 5.41) is 11.1. The molecule has 2 aliphatic heterocycles. The molecule has 0 N–H and O–H groups in total. The maximum atomic E-state index is 11.1. The van der Waals surface area contributed by atoms with Crippen molar-refractivity contribution in [3.8, 4) is 5.75 Å². The zero-order chi connectivity index (χ0) is 20.6. The van der Waals surface area contributed by atoms with Crippen molar-refractivity contribution in [2.75, 3.05) is 17.2 Å². The summed E-state index contributed by atoms with van der Waals surface area (Å²) in [7, 11) is 0. The zero-order valence-corrected chi connectivity index (χ0v) is 17.7. The highest BCUT2D eigenvalue weighted by Gasteiger charge is 2.58. The topological polar surface area (TPSA) is 55.6 Å². The number of ether oxygens (including phenoxy) is 1. The van der Waals surface area contributed by atoms with Crippen LogP contribution in [0.25, 0.3) is 6.08 Å². The molecule has 0 fully saturated rings. The summed E-state index contributed by atoms with van der Waals surface area (Å²) in [6, 6.07) is 13.3. The SMILES string of the molecule is CC1(C)c2ccccc2N(CCCCCS)C12C=Cc1cc([N+](=O)[O-])ccc1O2. The Balaban J connectivity index is 1.76. The Labute approximate surface area is 176 Å². The second kappa shape index (κ2) is 7.41. The molecule has 0 saturated carbocycles. The number of hydrogen-bond donors (Lipinski definition) is 1. The lowest BCUT2D eigenvalue weighted by atomic mass is 9.76. The minimum absolute atomic E-state index is 0.0746. The number of unbranched alkanes of at least 4 members (excludes halogenated alkanes) is 2. The molecule has 2 aromatic carbocycles. The molecule has 2 heterocycles. The van der Waals surface area contributed by atoms with Crippen LogP contribution in [0, 0.1) is 10.1 Å². The number of nitro groups is 1. The molecular weight excluding hydrogens is 384 g/mol. The van der Waals surface area contributed by atoms with E-state index in [9.17, 15) is 10.1 Å². The molecule has 1 spiro atoms. The van der Waals surface area contributed by atoms with E-state index in [0.29, 0.717) is 5.75 Å². The average molecular weight is 411 g/mol. The molecule has 0 amide bonds. The highest BCUT2D eigenvalue weighted by Crippen LogP contribution is 2.55. The van der Waals surface area contributed by atoms with Gasteiger partial charge in [0, 0.05) is 29.9 Å². The fraction of sp³-hybridized carbons (Fsp3) is 0.391. The number of fused-ring (bicyclic) bond motifs is 2. The van der Waals surface area contributed by atoms with Crippen LogP contribution in [0.4, 0.5) is 11.4 Å². The van der Waals surface area contributed by atoms with Crippen LogP contribution in [0.15, 0.2) is 48.5 Å². The number of nitro benzene ring substituents is 1. The summed E-state index contributed by atoms with van der Waals surface area (Å²) in [6.07, 6.45) is 7.32. The number of para-hydroxylation sites is 1. The second-order valence-electron chi connectivity index (χ2n) is 8.19. The molecule has 0 aromatic heterocycles. The maximum Gasteiger partial charge on any atom is 0.270 e. The maximum absolute atomic E-state index is 11.1. The van der Waals surface area contributed by atoms with Gasteiger partial charge in [0.05, 0.1) is 10.3 Å². The highest BCUT2D eigenvalue weighted by atomic mass is 32.1. The summed E-state index contributed by atoms with van der Waals surface area (Å²) >= 11 is 4.33. The molecule has 152 valence electrons. The molecule has 5 nitrogen and oxygen atoms in total. The van der Waals surface area contributed by atoms with Gasteiger partial charge in [-0.25, -0.2) is 0 Å². The fourth-order valence-electron chi connectivity index (χ4n) is 4.55. The van der Waals surface area contributed by atoms with Gasteiger partial charge in [0.25, 0.3) is 5.69 Å². The number of benzene rings is 2. The summed E-state index contributed by atoms with van der Waals surface area (Å²) in [4.78, 5) is 13.1. The number of non-ortho nitro benzene ring substituents is 1. The second-order valence-corrected chi connectivity index (χ2v) is 8.64. The number of thiol groups is 1. The van der Waals surface area contributed by atoms with E-state index in [1.807, 2.05) is 6.08 Å². The molecule has 0 bridgehead atoms. The molecule has 2 aromatic rings. The van der Waals surface area contributed by atoms with E-state index in [4.69, 9.17) is 4.74 Å². The van der Waals surface area contributed by atoms with Gasteiger partial charge in [0.15, 0.2) is 0 Å². The van der Waals surface area contributed by atoms with E-state index in [0.717, 1.165) is 37.1 Å². The minimum atomic E-state index is -0.666. The minimum Gasteiger partial charge on any atom is -0.463 e. The third-order valence-corrected chi connectivity index (χ3v) is 6.48. The number of anilines is 1. The van der Waals surface area contributed by atoms with Crippen molar-refractivity contribution in [3.63, 3.8) is 0 Å². The monoisotopic (exact) mass is 410 g/mol. The number of rotatable bonds is 6. The van der Waals surface area contributed by atoms with Crippen molar-refractivity contribution in [3.05, 3.63) is 69.8 Å². The van der Waals surface area contributed by atoms with Crippen molar-refractivity contribution in [1.29, 1.82) is 0 Å². The molecular formula is C23H26N2O3S. The van der Waals surface area contributed by atoms with Gasteiger partial charge in [-0.1, -0.05) is 24.6 Å². The normalized spacial score (nSPS) is 21.0. The van der Waals surface area contributed by atoms with Gasteiger partial charge in [-0.3, -0.25) is 10.1 Å². The Kier molecular flexibility index (Phi) is 5.07. The van der Waals surface area contributed by atoms with Crippen molar-refractivity contribution in [1.82, 2.24) is 0 Å². The van der Waals surface area contributed by atoms with Gasteiger partial charge in [-0.2, -0.15) is 12.6 Å². The summed E-state index contributed by atoms with van der Waals surface area (Å²) < 4.78 is 6.68. The molecule has 1 unspecified atom stereocenters. The van der Waals surface area contributed by atoms with Crippen LogP contribution in [0.1, 0.15) is 44.2 Å². The fourth-order valence-corrected chi connectivity index (χ4v) is 4.77. The van der Waals surface area contributed by atoms with Gasteiger partial charge >= 0.3 is 0 Å². The van der Waals surface area contributed by atoms with Crippen LogP contribution in [-0.2, 0) is 5.41 Å². The highest BCUT2D eigenvalue weighted by molar-refractivity contribution is 7.80. The van der Waals surface area contributed by atoms with Gasteiger partial charge in [0.2, 0.25) is 5.72 Å². The molecule has 0 saturated heterocycles. The van der Waals surface area contributed by atoms with E-state index in [2.05, 4.69) is 61.7 Å². The van der Waals surface area contributed by atoms with E-state index < -0.39 is 5.72 Å². The first-order valence-corrected chi connectivity index (χ1v) is 10.7. The number of nitrogens with zero attached hydrogens (tertiary/aromatic N) is 2. The zero-order valence-electron chi connectivity index (χ0n) is 16.8. The van der Waals surface area contributed by atoms with Crippen LogP contribution in [0.3, 0.4) is 0 Å². The molecule has 2 aliphatic rings. The lowest BCUT2D eigenvalue weighted by Crippen LogP contribution is -2.59. The van der Waals surface area contributed by atoms with E-state index in [1.54, 1.807) is 12.1 Å². The summed E-state index contributed by atoms with van der Waals surface area (Å²) in [6.45, 7) is 5.29. The smallest absolute Gasteiger partial charge is 0.270 e. The first kappa shape index (κ1) is 19.8. The van der Waals surface area contributed by atoms with Crippen molar-refractivity contribution in [2.24, 2.45) is 0 Å².